The highest BCUT2D eigenvalue weighted by Gasteiger charge is 2.41. The molecule has 0 aliphatic carbocycles. The van der Waals surface area contributed by atoms with Crippen molar-refractivity contribution < 1.29 is 23.8 Å². The van der Waals surface area contributed by atoms with E-state index in [9.17, 15) is 9.59 Å². The second-order valence-corrected chi connectivity index (χ2v) is 9.22. The fourth-order valence-corrected chi connectivity index (χ4v) is 4.38. The Morgan fingerprint density at radius 2 is 1.62 bits per heavy atom. The molecule has 184 valence electrons. The van der Waals surface area contributed by atoms with Crippen LogP contribution in [-0.2, 0) is 4.79 Å². The maximum absolute atomic E-state index is 13.3. The van der Waals surface area contributed by atoms with Gasteiger partial charge in [0, 0.05) is 31.1 Å². The molecular weight excluding hydrogens is 432 g/mol. The molecule has 3 rings (SSSR count). The first-order valence-corrected chi connectivity index (χ1v) is 11.7. The third-order valence-electron chi connectivity index (χ3n) is 6.38. The zero-order valence-corrected chi connectivity index (χ0v) is 21.0. The van der Waals surface area contributed by atoms with Crippen LogP contribution < -0.4 is 19.5 Å². The van der Waals surface area contributed by atoms with Gasteiger partial charge in [-0.05, 0) is 49.1 Å². The summed E-state index contributed by atoms with van der Waals surface area (Å²) >= 11 is 0. The van der Waals surface area contributed by atoms with Gasteiger partial charge in [0.25, 0.3) is 5.91 Å². The van der Waals surface area contributed by atoms with Gasteiger partial charge < -0.3 is 24.4 Å². The van der Waals surface area contributed by atoms with Gasteiger partial charge in [-0.3, -0.25) is 9.59 Å². The zero-order valence-electron chi connectivity index (χ0n) is 21.0. The minimum atomic E-state index is -0.385. The van der Waals surface area contributed by atoms with Crippen molar-refractivity contribution in [3.8, 4) is 17.2 Å². The molecule has 2 aromatic rings. The number of nitrogens with one attached hydrogen (secondary N) is 1. The first-order chi connectivity index (χ1) is 16.3. The van der Waals surface area contributed by atoms with E-state index in [0.29, 0.717) is 48.4 Å². The molecule has 1 aliphatic rings. The first kappa shape index (κ1) is 25.4. The van der Waals surface area contributed by atoms with Crippen LogP contribution in [-0.4, -0.2) is 57.7 Å². The van der Waals surface area contributed by atoms with Crippen LogP contribution in [0.3, 0.4) is 0 Å². The Kier molecular flexibility index (Phi) is 8.42. The highest BCUT2D eigenvalue weighted by Crippen LogP contribution is 2.43. The Morgan fingerprint density at radius 3 is 2.15 bits per heavy atom. The molecule has 2 atom stereocenters. The van der Waals surface area contributed by atoms with Gasteiger partial charge in [0.05, 0.1) is 27.2 Å². The minimum absolute atomic E-state index is 0.0430. The van der Waals surface area contributed by atoms with E-state index in [2.05, 4.69) is 19.2 Å². The average Bonchev–Trinajstić information content (AvgIpc) is 3.28. The number of aryl methyl sites for hydroxylation is 1. The maximum Gasteiger partial charge on any atom is 0.253 e. The van der Waals surface area contributed by atoms with Gasteiger partial charge >= 0.3 is 0 Å². The molecule has 7 nitrogen and oxygen atoms in total. The van der Waals surface area contributed by atoms with Crippen LogP contribution in [0.15, 0.2) is 36.4 Å². The number of nitrogens with zero attached hydrogens (tertiary/aromatic N) is 1. The smallest absolute Gasteiger partial charge is 0.253 e. The number of carbonyl (C=O) groups is 2. The number of methoxy groups -OCH3 is 3. The Labute approximate surface area is 202 Å². The Bertz CT molecular complexity index is 978. The van der Waals surface area contributed by atoms with Crippen molar-refractivity contribution in [1.29, 1.82) is 0 Å². The van der Waals surface area contributed by atoms with Crippen molar-refractivity contribution in [3.05, 3.63) is 53.1 Å². The molecule has 2 aromatic carbocycles. The fourth-order valence-electron chi connectivity index (χ4n) is 4.38. The third-order valence-corrected chi connectivity index (χ3v) is 6.38. The number of rotatable bonds is 9. The second kappa shape index (κ2) is 11.3. The second-order valence-electron chi connectivity index (χ2n) is 9.22. The van der Waals surface area contributed by atoms with E-state index in [1.54, 1.807) is 26.2 Å². The molecule has 1 fully saturated rings. The topological polar surface area (TPSA) is 77.1 Å². The van der Waals surface area contributed by atoms with Crippen LogP contribution in [0.5, 0.6) is 17.2 Å². The van der Waals surface area contributed by atoms with E-state index >= 15 is 0 Å². The highest BCUT2D eigenvalue weighted by atomic mass is 16.5. The standard InChI is InChI=1S/C27H36N2O5/c1-17(2)11-12-28-26(30)22-16-29(27(31)19-9-7-18(3)8-10-19)15-21(22)20-13-23(32-4)25(34-6)24(14-20)33-5/h7-10,13-14,17,21-22H,11-12,15-16H2,1-6H3,(H,28,30). The van der Waals surface area contributed by atoms with Crippen LogP contribution in [0.2, 0.25) is 0 Å². The van der Waals surface area contributed by atoms with E-state index in [4.69, 9.17) is 14.2 Å². The average molecular weight is 469 g/mol. The number of benzene rings is 2. The van der Waals surface area contributed by atoms with Crippen molar-refractivity contribution in [2.24, 2.45) is 11.8 Å². The lowest BCUT2D eigenvalue weighted by Crippen LogP contribution is -2.36. The lowest BCUT2D eigenvalue weighted by Gasteiger charge is -2.21. The molecule has 7 heteroatoms. The summed E-state index contributed by atoms with van der Waals surface area (Å²) in [6.45, 7) is 7.63. The summed E-state index contributed by atoms with van der Waals surface area (Å²) in [6, 6.07) is 11.3. The molecule has 2 unspecified atom stereocenters. The largest absolute Gasteiger partial charge is 0.493 e. The van der Waals surface area contributed by atoms with Gasteiger partial charge in [-0.2, -0.15) is 0 Å². The number of hydrogen-bond donors (Lipinski definition) is 1. The van der Waals surface area contributed by atoms with Crippen LogP contribution in [0.1, 0.15) is 47.7 Å². The van der Waals surface area contributed by atoms with Crippen LogP contribution >= 0.6 is 0 Å². The van der Waals surface area contributed by atoms with E-state index in [1.165, 1.54) is 0 Å². The minimum Gasteiger partial charge on any atom is -0.493 e. The summed E-state index contributed by atoms with van der Waals surface area (Å²) < 4.78 is 16.5. The van der Waals surface area contributed by atoms with Crippen molar-refractivity contribution in [3.63, 3.8) is 0 Å². The van der Waals surface area contributed by atoms with Crippen LogP contribution in [0.4, 0.5) is 0 Å². The molecule has 0 bridgehead atoms. The monoisotopic (exact) mass is 468 g/mol. The van der Waals surface area contributed by atoms with Crippen molar-refractivity contribution in [2.75, 3.05) is 41.0 Å². The Morgan fingerprint density at radius 1 is 1.00 bits per heavy atom. The molecule has 0 radical (unpaired) electrons. The molecule has 0 saturated carbocycles. The summed E-state index contributed by atoms with van der Waals surface area (Å²) in [6.07, 6.45) is 0.902. The molecule has 0 spiro atoms. The van der Waals surface area contributed by atoms with Gasteiger partial charge in [-0.25, -0.2) is 0 Å². The van der Waals surface area contributed by atoms with Gasteiger partial charge in [-0.15, -0.1) is 0 Å². The number of likely N-dealkylation sites (tertiary alicyclic amines) is 1. The van der Waals surface area contributed by atoms with Crippen molar-refractivity contribution >= 4 is 11.8 Å². The van der Waals surface area contributed by atoms with Crippen LogP contribution in [0.25, 0.3) is 0 Å². The van der Waals surface area contributed by atoms with Gasteiger partial charge in [0.1, 0.15) is 0 Å². The van der Waals surface area contributed by atoms with Gasteiger partial charge in [0.15, 0.2) is 11.5 Å². The van der Waals surface area contributed by atoms with Crippen molar-refractivity contribution in [2.45, 2.75) is 33.1 Å². The summed E-state index contributed by atoms with van der Waals surface area (Å²) in [5, 5.41) is 3.08. The lowest BCUT2D eigenvalue weighted by molar-refractivity contribution is -0.124. The molecule has 1 heterocycles. The van der Waals surface area contributed by atoms with E-state index < -0.39 is 0 Å². The summed E-state index contributed by atoms with van der Waals surface area (Å²) in [7, 11) is 4.70. The van der Waals surface area contributed by atoms with Gasteiger partial charge in [0.2, 0.25) is 11.7 Å². The third kappa shape index (κ3) is 5.64. The molecule has 0 aromatic heterocycles. The highest BCUT2D eigenvalue weighted by molar-refractivity contribution is 5.95. The molecule has 1 aliphatic heterocycles. The summed E-state index contributed by atoms with van der Waals surface area (Å²) in [4.78, 5) is 28.3. The fraction of sp³-hybridized carbons (Fsp3) is 0.481. The number of hydrogen-bond acceptors (Lipinski definition) is 5. The van der Waals surface area contributed by atoms with Gasteiger partial charge in [-0.1, -0.05) is 31.5 Å². The molecule has 2 amide bonds. The lowest BCUT2D eigenvalue weighted by atomic mass is 9.87. The Hall–Kier alpha value is -3.22. The van der Waals surface area contributed by atoms with Crippen LogP contribution in [0, 0.1) is 18.8 Å². The predicted octanol–water partition coefficient (Wildman–Crippen LogP) is 4.04. The molecule has 34 heavy (non-hydrogen) atoms. The molecule has 1 saturated heterocycles. The SMILES string of the molecule is COc1cc(C2CN(C(=O)c3ccc(C)cc3)CC2C(=O)NCCC(C)C)cc(OC)c1OC. The normalized spacial score (nSPS) is 17.6. The number of carbonyl (C=O) groups excluding carboxylic acids is 2. The predicted molar refractivity (Wildman–Crippen MR) is 132 cm³/mol. The number of amides is 2. The quantitative estimate of drug-likeness (QED) is 0.601. The molecular formula is C27H36N2O5. The summed E-state index contributed by atoms with van der Waals surface area (Å²) in [5.74, 6) is 1.34. The molecule has 1 N–H and O–H groups in total. The van der Waals surface area contributed by atoms with E-state index in [-0.39, 0.29) is 23.7 Å². The van der Waals surface area contributed by atoms with Crippen molar-refractivity contribution in [1.82, 2.24) is 10.2 Å². The maximum atomic E-state index is 13.3. The first-order valence-electron chi connectivity index (χ1n) is 11.7. The summed E-state index contributed by atoms with van der Waals surface area (Å²) in [5.41, 5.74) is 2.59. The van der Waals surface area contributed by atoms with E-state index in [0.717, 1.165) is 17.5 Å². The zero-order chi connectivity index (χ0) is 24.8. The number of ether oxygens (including phenoxy) is 3. The Balaban J connectivity index is 1.93. The van der Waals surface area contributed by atoms with E-state index in [1.807, 2.05) is 43.3 Å².